The molecule has 1 heterocycles. The molecule has 1 saturated heterocycles. The second-order valence-corrected chi connectivity index (χ2v) is 6.80. The Morgan fingerprint density at radius 2 is 2.04 bits per heavy atom. The highest BCUT2D eigenvalue weighted by Gasteiger charge is 2.17. The van der Waals surface area contributed by atoms with Crippen LogP contribution in [-0.4, -0.2) is 67.9 Å². The number of thioether (sulfide) groups is 1. The molecule has 0 aliphatic carbocycles. The van der Waals surface area contributed by atoms with Gasteiger partial charge in [0.25, 0.3) is 0 Å². The van der Waals surface area contributed by atoms with Crippen LogP contribution in [0.4, 0.5) is 14.9 Å². The van der Waals surface area contributed by atoms with Crippen LogP contribution in [0.15, 0.2) is 23.1 Å². The van der Waals surface area contributed by atoms with Gasteiger partial charge in [-0.2, -0.15) is 0 Å². The highest BCUT2D eigenvalue weighted by molar-refractivity contribution is 7.98. The van der Waals surface area contributed by atoms with E-state index < -0.39 is 0 Å². The number of rotatable bonds is 5. The average Bonchev–Trinajstić information content (AvgIpc) is 2.49. The zero-order valence-corrected chi connectivity index (χ0v) is 14.8. The minimum Gasteiger partial charge on any atom is -0.334 e. The molecule has 0 spiro atoms. The fourth-order valence-electron chi connectivity index (χ4n) is 2.60. The summed E-state index contributed by atoms with van der Waals surface area (Å²) < 4.78 is 13.7. The van der Waals surface area contributed by atoms with E-state index in [0.29, 0.717) is 10.6 Å². The van der Waals surface area contributed by atoms with E-state index in [0.717, 1.165) is 32.7 Å². The highest BCUT2D eigenvalue weighted by atomic mass is 32.2. The number of hydrogen-bond donors (Lipinski definition) is 2. The SMILES string of the molecule is CSc1ccc(NC(=O)N[C@@H](C)CN2CCN(C)CC2)cc1F. The summed E-state index contributed by atoms with van der Waals surface area (Å²) in [6.45, 7) is 6.95. The van der Waals surface area contributed by atoms with E-state index in [2.05, 4.69) is 27.5 Å². The third-order valence-electron chi connectivity index (χ3n) is 3.92. The molecular formula is C16H25FN4OS. The Hall–Kier alpha value is -1.31. The molecular weight excluding hydrogens is 315 g/mol. The number of nitrogens with one attached hydrogen (secondary N) is 2. The molecule has 1 aliphatic heterocycles. The number of amides is 2. The van der Waals surface area contributed by atoms with Crippen molar-refractivity contribution in [2.24, 2.45) is 0 Å². The first-order valence-corrected chi connectivity index (χ1v) is 9.02. The zero-order chi connectivity index (χ0) is 16.8. The van der Waals surface area contributed by atoms with Crippen LogP contribution in [0.2, 0.25) is 0 Å². The smallest absolute Gasteiger partial charge is 0.319 e. The van der Waals surface area contributed by atoms with Gasteiger partial charge in [0.15, 0.2) is 0 Å². The molecule has 128 valence electrons. The molecule has 23 heavy (non-hydrogen) atoms. The van der Waals surface area contributed by atoms with Gasteiger partial charge in [-0.05, 0) is 38.4 Å². The topological polar surface area (TPSA) is 47.6 Å². The molecule has 2 amide bonds. The van der Waals surface area contributed by atoms with E-state index in [9.17, 15) is 9.18 Å². The lowest BCUT2D eigenvalue weighted by molar-refractivity contribution is 0.145. The average molecular weight is 340 g/mol. The maximum atomic E-state index is 13.7. The van der Waals surface area contributed by atoms with Gasteiger partial charge < -0.3 is 15.5 Å². The van der Waals surface area contributed by atoms with E-state index in [1.165, 1.54) is 17.8 Å². The van der Waals surface area contributed by atoms with Crippen molar-refractivity contribution >= 4 is 23.5 Å². The first-order valence-electron chi connectivity index (χ1n) is 7.80. The molecule has 0 aromatic heterocycles. The fraction of sp³-hybridized carbons (Fsp3) is 0.562. The predicted octanol–water partition coefficient (Wildman–Crippen LogP) is 2.31. The number of likely N-dealkylation sites (N-methyl/N-ethyl adjacent to an activating group) is 1. The summed E-state index contributed by atoms with van der Waals surface area (Å²) in [7, 11) is 2.12. The summed E-state index contributed by atoms with van der Waals surface area (Å²) in [6, 6.07) is 4.45. The van der Waals surface area contributed by atoms with Crippen LogP contribution in [0.3, 0.4) is 0 Å². The Morgan fingerprint density at radius 1 is 1.35 bits per heavy atom. The van der Waals surface area contributed by atoms with Gasteiger partial charge in [-0.1, -0.05) is 0 Å². The van der Waals surface area contributed by atoms with E-state index in [4.69, 9.17) is 0 Å². The Kier molecular flexibility index (Phi) is 6.68. The molecule has 5 nitrogen and oxygen atoms in total. The number of anilines is 1. The third kappa shape index (κ3) is 5.67. The molecule has 1 fully saturated rings. The molecule has 1 aromatic rings. The summed E-state index contributed by atoms with van der Waals surface area (Å²) in [5.41, 5.74) is 0.463. The van der Waals surface area contributed by atoms with Crippen LogP contribution >= 0.6 is 11.8 Å². The Morgan fingerprint density at radius 3 is 2.65 bits per heavy atom. The minimum atomic E-state index is -0.319. The van der Waals surface area contributed by atoms with Crippen molar-refractivity contribution in [2.45, 2.75) is 17.9 Å². The summed E-state index contributed by atoms with van der Waals surface area (Å²) in [5, 5.41) is 5.59. The Bertz CT molecular complexity index is 535. The Balaban J connectivity index is 1.78. The highest BCUT2D eigenvalue weighted by Crippen LogP contribution is 2.22. The maximum Gasteiger partial charge on any atom is 0.319 e. The van der Waals surface area contributed by atoms with Gasteiger partial charge in [0.1, 0.15) is 5.82 Å². The van der Waals surface area contributed by atoms with Gasteiger partial charge in [0, 0.05) is 49.3 Å². The van der Waals surface area contributed by atoms with Gasteiger partial charge in [0.2, 0.25) is 0 Å². The van der Waals surface area contributed by atoms with Crippen LogP contribution in [-0.2, 0) is 0 Å². The molecule has 1 aliphatic rings. The van der Waals surface area contributed by atoms with Crippen LogP contribution in [0, 0.1) is 5.82 Å². The monoisotopic (exact) mass is 340 g/mol. The maximum absolute atomic E-state index is 13.7. The van der Waals surface area contributed by atoms with E-state index in [1.54, 1.807) is 12.1 Å². The van der Waals surface area contributed by atoms with Gasteiger partial charge in [-0.15, -0.1) is 11.8 Å². The number of halogens is 1. The van der Waals surface area contributed by atoms with Crippen molar-refractivity contribution in [2.75, 3.05) is 51.3 Å². The van der Waals surface area contributed by atoms with Crippen LogP contribution in [0.5, 0.6) is 0 Å². The van der Waals surface area contributed by atoms with E-state index >= 15 is 0 Å². The van der Waals surface area contributed by atoms with Gasteiger partial charge in [-0.3, -0.25) is 4.90 Å². The summed E-state index contributed by atoms with van der Waals surface area (Å²) in [4.78, 5) is 17.2. The molecule has 0 radical (unpaired) electrons. The summed E-state index contributed by atoms with van der Waals surface area (Å²) in [6.07, 6.45) is 1.82. The van der Waals surface area contributed by atoms with Crippen LogP contribution in [0.1, 0.15) is 6.92 Å². The number of urea groups is 1. The number of hydrogen-bond acceptors (Lipinski definition) is 4. The fourth-order valence-corrected chi connectivity index (χ4v) is 3.06. The van der Waals surface area contributed by atoms with Crippen molar-refractivity contribution in [3.05, 3.63) is 24.0 Å². The molecule has 2 rings (SSSR count). The summed E-state index contributed by atoms with van der Waals surface area (Å²) in [5.74, 6) is -0.319. The molecule has 0 unspecified atom stereocenters. The number of nitrogens with zero attached hydrogens (tertiary/aromatic N) is 2. The lowest BCUT2D eigenvalue weighted by Gasteiger charge is -2.34. The van der Waals surface area contributed by atoms with Crippen LogP contribution in [0.25, 0.3) is 0 Å². The number of benzene rings is 1. The standard InChI is InChI=1S/C16H25FN4OS/c1-12(11-21-8-6-20(2)7-9-21)18-16(22)19-13-4-5-15(23-3)14(17)10-13/h4-5,10,12H,6-9,11H2,1-3H3,(H2,18,19,22)/t12-/m0/s1. The molecule has 0 saturated carbocycles. The van der Waals surface area contributed by atoms with Crippen LogP contribution < -0.4 is 10.6 Å². The zero-order valence-electron chi connectivity index (χ0n) is 13.9. The van der Waals surface area contributed by atoms with Crippen molar-refractivity contribution in [3.8, 4) is 0 Å². The second kappa shape index (κ2) is 8.52. The molecule has 1 atom stereocenters. The number of piperazine rings is 1. The normalized spacial score (nSPS) is 17.7. The molecule has 1 aromatic carbocycles. The predicted molar refractivity (Wildman–Crippen MR) is 93.7 cm³/mol. The lowest BCUT2D eigenvalue weighted by atomic mass is 10.2. The van der Waals surface area contributed by atoms with Gasteiger partial charge in [-0.25, -0.2) is 9.18 Å². The first-order chi connectivity index (χ1) is 11.0. The Labute approximate surface area is 141 Å². The molecule has 0 bridgehead atoms. The van der Waals surface area contributed by atoms with Crippen molar-refractivity contribution in [1.82, 2.24) is 15.1 Å². The van der Waals surface area contributed by atoms with Gasteiger partial charge >= 0.3 is 6.03 Å². The van der Waals surface area contributed by atoms with Crippen molar-refractivity contribution in [3.63, 3.8) is 0 Å². The minimum absolute atomic E-state index is 0.0359. The summed E-state index contributed by atoms with van der Waals surface area (Å²) >= 11 is 1.34. The van der Waals surface area contributed by atoms with E-state index in [-0.39, 0.29) is 17.9 Å². The number of carbonyl (C=O) groups excluding carboxylic acids is 1. The largest absolute Gasteiger partial charge is 0.334 e. The first kappa shape index (κ1) is 18.0. The molecule has 7 heteroatoms. The lowest BCUT2D eigenvalue weighted by Crippen LogP contribution is -2.50. The quantitative estimate of drug-likeness (QED) is 0.808. The number of carbonyl (C=O) groups is 1. The van der Waals surface area contributed by atoms with Crippen molar-refractivity contribution < 1.29 is 9.18 Å². The van der Waals surface area contributed by atoms with E-state index in [1.807, 2.05) is 13.2 Å². The third-order valence-corrected chi connectivity index (χ3v) is 4.69. The second-order valence-electron chi connectivity index (χ2n) is 5.95. The van der Waals surface area contributed by atoms with Crippen molar-refractivity contribution in [1.29, 1.82) is 0 Å². The molecule has 2 N–H and O–H groups in total. The van der Waals surface area contributed by atoms with Gasteiger partial charge in [0.05, 0.1) is 0 Å².